The lowest BCUT2D eigenvalue weighted by Crippen LogP contribution is -2.40. The number of nitrogens with zero attached hydrogens (tertiary/aromatic N) is 3. The van der Waals surface area contributed by atoms with Gasteiger partial charge in [0.25, 0.3) is 5.91 Å². The molecule has 0 radical (unpaired) electrons. The Bertz CT molecular complexity index is 752. The van der Waals surface area contributed by atoms with Crippen molar-refractivity contribution in [3.05, 3.63) is 59.9 Å². The molecule has 1 unspecified atom stereocenters. The summed E-state index contributed by atoms with van der Waals surface area (Å²) in [6, 6.07) is 7.20. The molecular formula is C19H21FN4O2. The molecule has 26 heavy (non-hydrogen) atoms. The number of benzene rings is 1. The minimum atomic E-state index is -0.389. The number of halogens is 1. The normalized spacial score (nSPS) is 17.0. The molecular weight excluding hydrogens is 335 g/mol. The molecule has 1 aliphatic heterocycles. The van der Waals surface area contributed by atoms with Crippen molar-refractivity contribution in [2.75, 3.05) is 19.6 Å². The SMILES string of the molecule is O=C(NCCC(=O)N1CCCC(c2ccncn2)C1)c1ccc(F)cc1. The van der Waals surface area contributed by atoms with Crippen molar-refractivity contribution in [1.29, 1.82) is 0 Å². The Labute approximate surface area is 151 Å². The lowest BCUT2D eigenvalue weighted by atomic mass is 9.94. The molecule has 3 rings (SSSR count). The summed E-state index contributed by atoms with van der Waals surface area (Å²) < 4.78 is 12.9. The van der Waals surface area contributed by atoms with E-state index in [4.69, 9.17) is 0 Å². The first kappa shape index (κ1) is 18.0. The van der Waals surface area contributed by atoms with Crippen LogP contribution >= 0.6 is 0 Å². The predicted octanol–water partition coefficient (Wildman–Crippen LogP) is 2.14. The Hall–Kier alpha value is -2.83. The van der Waals surface area contributed by atoms with Crippen LogP contribution in [0.5, 0.6) is 0 Å². The van der Waals surface area contributed by atoms with Crippen LogP contribution in [0.2, 0.25) is 0 Å². The van der Waals surface area contributed by atoms with Crippen molar-refractivity contribution in [3.63, 3.8) is 0 Å². The highest BCUT2D eigenvalue weighted by molar-refractivity contribution is 5.94. The van der Waals surface area contributed by atoms with Crippen LogP contribution in [0.25, 0.3) is 0 Å². The lowest BCUT2D eigenvalue weighted by molar-refractivity contribution is -0.132. The summed E-state index contributed by atoms with van der Waals surface area (Å²) in [5.74, 6) is -0.456. The van der Waals surface area contributed by atoms with E-state index >= 15 is 0 Å². The minimum Gasteiger partial charge on any atom is -0.352 e. The van der Waals surface area contributed by atoms with Crippen molar-refractivity contribution in [3.8, 4) is 0 Å². The van der Waals surface area contributed by atoms with Gasteiger partial charge in [0.2, 0.25) is 5.91 Å². The number of amides is 2. The molecule has 0 saturated carbocycles. The highest BCUT2D eigenvalue weighted by Gasteiger charge is 2.25. The van der Waals surface area contributed by atoms with E-state index in [1.807, 2.05) is 11.0 Å². The van der Waals surface area contributed by atoms with E-state index in [9.17, 15) is 14.0 Å². The molecule has 2 amide bonds. The van der Waals surface area contributed by atoms with E-state index < -0.39 is 0 Å². The number of rotatable bonds is 5. The third kappa shape index (κ3) is 4.62. The first-order chi connectivity index (χ1) is 12.6. The number of likely N-dealkylation sites (tertiary alicyclic amines) is 1. The van der Waals surface area contributed by atoms with Crippen LogP contribution in [0.15, 0.2) is 42.9 Å². The van der Waals surface area contributed by atoms with E-state index in [0.29, 0.717) is 12.1 Å². The average Bonchev–Trinajstić information content (AvgIpc) is 2.69. The van der Waals surface area contributed by atoms with E-state index in [0.717, 1.165) is 25.1 Å². The molecule has 1 aliphatic rings. The zero-order chi connectivity index (χ0) is 18.4. The topological polar surface area (TPSA) is 75.2 Å². The number of carbonyl (C=O) groups is 2. The van der Waals surface area contributed by atoms with Gasteiger partial charge in [0.1, 0.15) is 12.1 Å². The summed E-state index contributed by atoms with van der Waals surface area (Å²) in [5, 5.41) is 2.70. The third-order valence-corrected chi connectivity index (χ3v) is 4.53. The van der Waals surface area contributed by atoms with E-state index in [2.05, 4.69) is 15.3 Å². The van der Waals surface area contributed by atoms with Crippen LogP contribution in [-0.4, -0.2) is 46.3 Å². The number of hydrogen-bond donors (Lipinski definition) is 1. The summed E-state index contributed by atoms with van der Waals surface area (Å²) >= 11 is 0. The fourth-order valence-corrected chi connectivity index (χ4v) is 3.13. The van der Waals surface area contributed by atoms with Crippen molar-refractivity contribution in [1.82, 2.24) is 20.2 Å². The van der Waals surface area contributed by atoms with Crippen LogP contribution in [0.3, 0.4) is 0 Å². The summed E-state index contributed by atoms with van der Waals surface area (Å²) in [5.41, 5.74) is 1.34. The maximum absolute atomic E-state index is 12.9. The van der Waals surface area contributed by atoms with Gasteiger partial charge in [-0.25, -0.2) is 14.4 Å². The van der Waals surface area contributed by atoms with Gasteiger partial charge in [0, 0.05) is 49.4 Å². The van der Waals surface area contributed by atoms with Crippen LogP contribution < -0.4 is 5.32 Å². The van der Waals surface area contributed by atoms with Gasteiger partial charge in [-0.1, -0.05) is 0 Å². The van der Waals surface area contributed by atoms with Gasteiger partial charge < -0.3 is 10.2 Å². The summed E-state index contributed by atoms with van der Waals surface area (Å²) in [7, 11) is 0. The Morgan fingerprint density at radius 3 is 2.77 bits per heavy atom. The van der Waals surface area contributed by atoms with E-state index in [1.54, 1.807) is 6.20 Å². The van der Waals surface area contributed by atoms with Gasteiger partial charge >= 0.3 is 0 Å². The lowest BCUT2D eigenvalue weighted by Gasteiger charge is -2.32. The molecule has 1 aromatic carbocycles. The minimum absolute atomic E-state index is 0.0168. The Morgan fingerprint density at radius 1 is 1.23 bits per heavy atom. The predicted molar refractivity (Wildman–Crippen MR) is 93.9 cm³/mol. The average molecular weight is 356 g/mol. The molecule has 0 bridgehead atoms. The van der Waals surface area contributed by atoms with E-state index in [1.165, 1.54) is 30.6 Å². The van der Waals surface area contributed by atoms with Crippen LogP contribution in [0.4, 0.5) is 4.39 Å². The number of nitrogens with one attached hydrogen (secondary N) is 1. The molecule has 1 N–H and O–H groups in total. The largest absolute Gasteiger partial charge is 0.352 e. The number of piperidine rings is 1. The van der Waals surface area contributed by atoms with Gasteiger partial charge in [-0.2, -0.15) is 0 Å². The van der Waals surface area contributed by atoms with Crippen LogP contribution in [0.1, 0.15) is 41.2 Å². The van der Waals surface area contributed by atoms with E-state index in [-0.39, 0.29) is 36.5 Å². The standard InChI is InChI=1S/C19H21FN4O2/c20-16-5-3-14(4-6-16)19(26)22-10-8-18(25)24-11-1-2-15(12-24)17-7-9-21-13-23-17/h3-7,9,13,15H,1-2,8,10-12H2,(H,22,26). The quantitative estimate of drug-likeness (QED) is 0.891. The van der Waals surface area contributed by atoms with Crippen molar-refractivity contribution in [2.24, 2.45) is 0 Å². The summed E-state index contributed by atoms with van der Waals surface area (Å²) in [6.07, 6.45) is 5.42. The zero-order valence-corrected chi connectivity index (χ0v) is 14.4. The molecule has 2 aromatic rings. The summed E-state index contributed by atoms with van der Waals surface area (Å²) in [6.45, 7) is 1.62. The van der Waals surface area contributed by atoms with Crippen molar-refractivity contribution in [2.45, 2.75) is 25.2 Å². The highest BCUT2D eigenvalue weighted by atomic mass is 19.1. The molecule has 7 heteroatoms. The Balaban J connectivity index is 1.47. The molecule has 1 saturated heterocycles. The Morgan fingerprint density at radius 2 is 2.04 bits per heavy atom. The highest BCUT2D eigenvalue weighted by Crippen LogP contribution is 2.25. The van der Waals surface area contributed by atoms with Gasteiger partial charge in [0.05, 0.1) is 0 Å². The fourth-order valence-electron chi connectivity index (χ4n) is 3.13. The van der Waals surface area contributed by atoms with Gasteiger partial charge in [-0.15, -0.1) is 0 Å². The number of aromatic nitrogens is 2. The third-order valence-electron chi connectivity index (χ3n) is 4.53. The zero-order valence-electron chi connectivity index (χ0n) is 14.4. The smallest absolute Gasteiger partial charge is 0.251 e. The van der Waals surface area contributed by atoms with Crippen molar-refractivity contribution < 1.29 is 14.0 Å². The van der Waals surface area contributed by atoms with Gasteiger partial charge in [-0.05, 0) is 43.2 Å². The molecule has 136 valence electrons. The molecule has 0 aliphatic carbocycles. The van der Waals surface area contributed by atoms with Gasteiger partial charge in [-0.3, -0.25) is 9.59 Å². The first-order valence-corrected chi connectivity index (χ1v) is 8.71. The second kappa shape index (κ2) is 8.51. The second-order valence-electron chi connectivity index (χ2n) is 6.33. The Kier molecular flexibility index (Phi) is 5.88. The molecule has 6 nitrogen and oxygen atoms in total. The number of hydrogen-bond acceptors (Lipinski definition) is 4. The molecule has 1 aromatic heterocycles. The monoisotopic (exact) mass is 356 g/mol. The van der Waals surface area contributed by atoms with Crippen LogP contribution in [0, 0.1) is 5.82 Å². The first-order valence-electron chi connectivity index (χ1n) is 8.71. The maximum Gasteiger partial charge on any atom is 0.251 e. The van der Waals surface area contributed by atoms with Crippen molar-refractivity contribution >= 4 is 11.8 Å². The molecule has 0 spiro atoms. The maximum atomic E-state index is 12.9. The fraction of sp³-hybridized carbons (Fsp3) is 0.368. The summed E-state index contributed by atoms with van der Waals surface area (Å²) in [4.78, 5) is 34.5. The molecule has 1 fully saturated rings. The van der Waals surface area contributed by atoms with Gasteiger partial charge in [0.15, 0.2) is 0 Å². The molecule has 1 atom stereocenters. The second-order valence-corrected chi connectivity index (χ2v) is 6.33. The number of carbonyl (C=O) groups excluding carboxylic acids is 2. The molecule has 2 heterocycles. The van der Waals surface area contributed by atoms with Crippen LogP contribution in [-0.2, 0) is 4.79 Å².